The lowest BCUT2D eigenvalue weighted by atomic mass is 10.0. The Bertz CT molecular complexity index is 1400. The van der Waals surface area contributed by atoms with E-state index >= 15 is 0 Å². The third kappa shape index (κ3) is 5.77. The van der Waals surface area contributed by atoms with Crippen LogP contribution in [0.25, 0.3) is 22.4 Å². The third-order valence-corrected chi connectivity index (χ3v) is 7.93. The third-order valence-electron chi connectivity index (χ3n) is 6.63. The number of carbonyl (C=O) groups excluding carboxylic acids is 1. The zero-order valence-corrected chi connectivity index (χ0v) is 21.7. The number of hydrogen-bond donors (Lipinski definition) is 2. The van der Waals surface area contributed by atoms with Crippen LogP contribution in [-0.2, 0) is 15.8 Å². The summed E-state index contributed by atoms with van der Waals surface area (Å²) in [6.45, 7) is 4.21. The standard InChI is InChI=1S/C27H32N4O4S/c1-4-18(15-28)6-5-13-30-36(33,34)16-23-21(19-11-12-19)14-22-24(26(32)29-3)25(35-27(22)31-23)20-9-7-17(2)8-10-20/h7-10,14,18-19,30H,4-6,11-13,16H2,1-3H3,(H,29,32). The van der Waals surface area contributed by atoms with Gasteiger partial charge in [-0.3, -0.25) is 4.79 Å². The monoisotopic (exact) mass is 508 g/mol. The average molecular weight is 509 g/mol. The molecule has 2 N–H and O–H groups in total. The zero-order chi connectivity index (χ0) is 25.9. The molecule has 9 heteroatoms. The second-order valence-corrected chi connectivity index (χ2v) is 11.2. The van der Waals surface area contributed by atoms with E-state index in [0.29, 0.717) is 35.2 Å². The van der Waals surface area contributed by atoms with E-state index in [1.54, 1.807) is 7.05 Å². The Balaban J connectivity index is 1.67. The summed E-state index contributed by atoms with van der Waals surface area (Å²) in [7, 11) is -2.07. The molecule has 1 unspecified atom stereocenters. The number of nitriles is 1. The molecule has 1 aromatic carbocycles. The topological polar surface area (TPSA) is 125 Å². The number of rotatable bonds is 11. The van der Waals surface area contributed by atoms with Crippen molar-refractivity contribution in [2.75, 3.05) is 13.6 Å². The number of carbonyl (C=O) groups is 1. The van der Waals surface area contributed by atoms with Gasteiger partial charge in [-0.15, -0.1) is 0 Å². The Morgan fingerprint density at radius 3 is 2.61 bits per heavy atom. The van der Waals surface area contributed by atoms with Gasteiger partial charge in [0.2, 0.25) is 15.7 Å². The second kappa shape index (κ2) is 10.8. The van der Waals surface area contributed by atoms with E-state index in [1.165, 1.54) is 0 Å². The van der Waals surface area contributed by atoms with E-state index in [9.17, 15) is 13.2 Å². The Morgan fingerprint density at radius 1 is 1.28 bits per heavy atom. The Morgan fingerprint density at radius 2 is 2.00 bits per heavy atom. The summed E-state index contributed by atoms with van der Waals surface area (Å²) in [6.07, 6.45) is 3.92. The molecule has 1 fully saturated rings. The van der Waals surface area contributed by atoms with Gasteiger partial charge in [0.05, 0.1) is 22.7 Å². The van der Waals surface area contributed by atoms with Gasteiger partial charge in [0.15, 0.2) is 0 Å². The van der Waals surface area contributed by atoms with Crippen molar-refractivity contribution in [3.8, 4) is 17.4 Å². The molecule has 190 valence electrons. The predicted octanol–water partition coefficient (Wildman–Crippen LogP) is 4.79. The number of sulfonamides is 1. The first-order chi connectivity index (χ1) is 17.3. The van der Waals surface area contributed by atoms with Crippen LogP contribution in [0.5, 0.6) is 0 Å². The summed E-state index contributed by atoms with van der Waals surface area (Å²) in [5, 5.41) is 12.4. The lowest BCUT2D eigenvalue weighted by molar-refractivity contribution is 0.0964. The Hall–Kier alpha value is -3.22. The second-order valence-electron chi connectivity index (χ2n) is 9.43. The number of benzene rings is 1. The fourth-order valence-corrected chi connectivity index (χ4v) is 5.51. The molecule has 1 aliphatic carbocycles. The predicted molar refractivity (Wildman–Crippen MR) is 139 cm³/mol. The van der Waals surface area contributed by atoms with Crippen LogP contribution in [0, 0.1) is 24.2 Å². The van der Waals surface area contributed by atoms with Crippen molar-refractivity contribution in [2.45, 2.75) is 57.6 Å². The summed E-state index contributed by atoms with van der Waals surface area (Å²) in [4.78, 5) is 17.5. The fourth-order valence-electron chi connectivity index (χ4n) is 4.36. The largest absolute Gasteiger partial charge is 0.437 e. The van der Waals surface area contributed by atoms with Crippen molar-refractivity contribution >= 4 is 27.0 Å². The van der Waals surface area contributed by atoms with Crippen LogP contribution < -0.4 is 10.0 Å². The number of amides is 1. The fraction of sp³-hybridized carbons (Fsp3) is 0.444. The van der Waals surface area contributed by atoms with Crippen molar-refractivity contribution in [3.05, 3.63) is 52.7 Å². The van der Waals surface area contributed by atoms with Crippen LogP contribution in [0.3, 0.4) is 0 Å². The number of nitrogens with zero attached hydrogens (tertiary/aromatic N) is 2. The van der Waals surface area contributed by atoms with Gasteiger partial charge in [0.25, 0.3) is 5.91 Å². The van der Waals surface area contributed by atoms with Crippen LogP contribution >= 0.6 is 0 Å². The highest BCUT2D eigenvalue weighted by Gasteiger charge is 2.31. The van der Waals surface area contributed by atoms with Crippen molar-refractivity contribution in [1.29, 1.82) is 5.26 Å². The van der Waals surface area contributed by atoms with E-state index in [-0.39, 0.29) is 35.8 Å². The maximum absolute atomic E-state index is 12.9. The Kier molecular flexibility index (Phi) is 7.76. The molecule has 0 radical (unpaired) electrons. The van der Waals surface area contributed by atoms with Crippen molar-refractivity contribution in [2.24, 2.45) is 5.92 Å². The van der Waals surface area contributed by atoms with E-state index in [4.69, 9.17) is 9.68 Å². The molecule has 8 nitrogen and oxygen atoms in total. The maximum atomic E-state index is 12.9. The average Bonchev–Trinajstić information content (AvgIpc) is 3.64. The lowest BCUT2D eigenvalue weighted by Gasteiger charge is -2.11. The first kappa shape index (κ1) is 25.9. The molecule has 0 bridgehead atoms. The molecule has 0 spiro atoms. The number of fused-ring (bicyclic) bond motifs is 1. The molecule has 1 saturated carbocycles. The highest BCUT2D eigenvalue weighted by Crippen LogP contribution is 2.44. The number of hydrogen-bond acceptors (Lipinski definition) is 6. The molecule has 0 saturated heterocycles. The summed E-state index contributed by atoms with van der Waals surface area (Å²) < 4.78 is 34.5. The minimum Gasteiger partial charge on any atom is -0.437 e. The smallest absolute Gasteiger partial charge is 0.255 e. The van der Waals surface area contributed by atoms with Crippen LogP contribution in [0.4, 0.5) is 0 Å². The molecule has 3 aromatic rings. The molecule has 4 rings (SSSR count). The van der Waals surface area contributed by atoms with Crippen LogP contribution in [0.15, 0.2) is 34.7 Å². The number of aromatic nitrogens is 1. The molecule has 2 heterocycles. The normalized spacial score (nSPS) is 14.5. The molecule has 0 aliphatic heterocycles. The number of aryl methyl sites for hydroxylation is 1. The van der Waals surface area contributed by atoms with Gasteiger partial charge < -0.3 is 9.73 Å². The van der Waals surface area contributed by atoms with E-state index in [0.717, 1.165) is 36.0 Å². The number of nitrogens with one attached hydrogen (secondary N) is 2. The summed E-state index contributed by atoms with van der Waals surface area (Å²) in [5.41, 5.74) is 3.80. The van der Waals surface area contributed by atoms with Crippen molar-refractivity contribution < 1.29 is 17.6 Å². The Labute approximate surface area is 212 Å². The minimum atomic E-state index is -3.64. The lowest BCUT2D eigenvalue weighted by Crippen LogP contribution is -2.27. The highest BCUT2D eigenvalue weighted by molar-refractivity contribution is 7.88. The first-order valence-corrected chi connectivity index (χ1v) is 14.0. The van der Waals surface area contributed by atoms with E-state index in [2.05, 4.69) is 21.1 Å². The quantitative estimate of drug-likeness (QED) is 0.359. The number of pyridine rings is 1. The molecule has 36 heavy (non-hydrogen) atoms. The van der Waals surface area contributed by atoms with Crippen LogP contribution in [-0.4, -0.2) is 32.9 Å². The molecule has 1 amide bonds. The maximum Gasteiger partial charge on any atom is 0.255 e. The van der Waals surface area contributed by atoms with Crippen LogP contribution in [0.1, 0.15) is 72.1 Å². The van der Waals surface area contributed by atoms with Gasteiger partial charge in [-0.2, -0.15) is 5.26 Å². The van der Waals surface area contributed by atoms with E-state index < -0.39 is 10.0 Å². The van der Waals surface area contributed by atoms with Gasteiger partial charge in [-0.05, 0) is 56.6 Å². The molecular formula is C27H32N4O4S. The summed E-state index contributed by atoms with van der Waals surface area (Å²) in [5.74, 6) is 0.0389. The SMILES string of the molecule is CCC(C#N)CCCNS(=O)(=O)Cc1nc2oc(-c3ccc(C)cc3)c(C(=O)NC)c2cc1C1CC1. The summed E-state index contributed by atoms with van der Waals surface area (Å²) >= 11 is 0. The highest BCUT2D eigenvalue weighted by atomic mass is 32.2. The van der Waals surface area contributed by atoms with E-state index in [1.807, 2.05) is 44.2 Å². The van der Waals surface area contributed by atoms with Gasteiger partial charge >= 0.3 is 0 Å². The molecular weight excluding hydrogens is 476 g/mol. The van der Waals surface area contributed by atoms with Gasteiger partial charge in [-0.1, -0.05) is 36.8 Å². The van der Waals surface area contributed by atoms with Gasteiger partial charge in [0, 0.05) is 25.1 Å². The molecule has 1 aliphatic rings. The number of furan rings is 1. The van der Waals surface area contributed by atoms with Crippen LogP contribution in [0.2, 0.25) is 0 Å². The summed E-state index contributed by atoms with van der Waals surface area (Å²) in [6, 6.07) is 11.8. The first-order valence-electron chi connectivity index (χ1n) is 12.4. The van der Waals surface area contributed by atoms with Gasteiger partial charge in [-0.25, -0.2) is 18.1 Å². The zero-order valence-electron chi connectivity index (χ0n) is 20.9. The van der Waals surface area contributed by atoms with Crippen molar-refractivity contribution in [1.82, 2.24) is 15.0 Å². The minimum absolute atomic E-state index is 0.0590. The molecule has 1 atom stereocenters. The molecule has 2 aromatic heterocycles. The van der Waals surface area contributed by atoms with Crippen molar-refractivity contribution in [3.63, 3.8) is 0 Å². The van der Waals surface area contributed by atoms with Gasteiger partial charge in [0.1, 0.15) is 11.5 Å².